The van der Waals surface area contributed by atoms with Gasteiger partial charge in [0.25, 0.3) is 0 Å². The first kappa shape index (κ1) is 16.1. The van der Waals surface area contributed by atoms with E-state index in [1.54, 1.807) is 19.2 Å². The molecule has 1 heterocycles. The quantitative estimate of drug-likeness (QED) is 0.820. The van der Waals surface area contributed by atoms with Crippen LogP contribution in [0.25, 0.3) is 0 Å². The summed E-state index contributed by atoms with van der Waals surface area (Å²) in [6.45, 7) is 4.04. The molecule has 2 aromatic carbocycles. The van der Waals surface area contributed by atoms with Gasteiger partial charge >= 0.3 is 0 Å². The van der Waals surface area contributed by atoms with Crippen molar-refractivity contribution < 1.29 is 14.7 Å². The van der Waals surface area contributed by atoms with Crippen LogP contribution in [-0.4, -0.2) is 24.0 Å². The molecule has 2 atom stereocenters. The Kier molecular flexibility index (Phi) is 4.85. The minimum Gasteiger partial charge on any atom is -0.508 e. The highest BCUT2D eigenvalue weighted by Crippen LogP contribution is 2.30. The molecule has 4 heteroatoms. The molecule has 2 unspecified atom stereocenters. The Bertz CT molecular complexity index is 722. The lowest BCUT2D eigenvalue weighted by Crippen LogP contribution is -2.25. The van der Waals surface area contributed by atoms with Crippen molar-refractivity contribution >= 4 is 5.71 Å². The lowest BCUT2D eigenvalue weighted by atomic mass is 9.89. The summed E-state index contributed by atoms with van der Waals surface area (Å²) in [6.07, 6.45) is 1.36. The van der Waals surface area contributed by atoms with Crippen molar-refractivity contribution in [3.05, 3.63) is 78.1 Å². The normalized spacial score (nSPS) is 17.7. The number of benzene rings is 2. The molecule has 0 saturated carbocycles. The highest BCUT2D eigenvalue weighted by molar-refractivity contribution is 6.01. The summed E-state index contributed by atoms with van der Waals surface area (Å²) in [6, 6.07) is 17.2. The van der Waals surface area contributed by atoms with E-state index in [1.807, 2.05) is 30.3 Å². The Labute approximate surface area is 142 Å². The Hall–Kier alpha value is -2.75. The molecule has 24 heavy (non-hydrogen) atoms. The van der Waals surface area contributed by atoms with Gasteiger partial charge in [0.1, 0.15) is 11.9 Å². The van der Waals surface area contributed by atoms with E-state index in [0.29, 0.717) is 12.2 Å². The number of hydrogen-bond acceptors (Lipinski definition) is 4. The first-order chi connectivity index (χ1) is 11.7. The number of phenols is 1. The van der Waals surface area contributed by atoms with Gasteiger partial charge in [-0.05, 0) is 41.8 Å². The van der Waals surface area contributed by atoms with E-state index in [4.69, 9.17) is 9.57 Å². The maximum Gasteiger partial charge on any atom is 0.143 e. The van der Waals surface area contributed by atoms with Gasteiger partial charge in [-0.2, -0.15) is 0 Å². The maximum absolute atomic E-state index is 9.41. The van der Waals surface area contributed by atoms with E-state index in [2.05, 4.69) is 23.9 Å². The number of hydrogen-bond donors (Lipinski definition) is 1. The molecule has 1 aliphatic rings. The molecule has 0 amide bonds. The predicted molar refractivity (Wildman–Crippen MR) is 93.9 cm³/mol. The molecular formula is C20H21NO3. The number of ether oxygens (including phenoxy) is 1. The van der Waals surface area contributed by atoms with Gasteiger partial charge in [0, 0.05) is 6.42 Å². The van der Waals surface area contributed by atoms with Crippen molar-refractivity contribution in [2.24, 2.45) is 11.1 Å². The maximum atomic E-state index is 9.41. The Morgan fingerprint density at radius 2 is 1.96 bits per heavy atom. The average molecular weight is 323 g/mol. The molecular weight excluding hydrogens is 302 g/mol. The molecule has 124 valence electrons. The summed E-state index contributed by atoms with van der Waals surface area (Å²) in [5, 5.41) is 13.6. The van der Waals surface area contributed by atoms with Crippen LogP contribution in [0.15, 0.2) is 72.1 Å². The monoisotopic (exact) mass is 323 g/mol. The third-order valence-electron chi connectivity index (χ3n) is 4.32. The van der Waals surface area contributed by atoms with Crippen molar-refractivity contribution in [3.8, 4) is 5.75 Å². The molecule has 1 aliphatic heterocycles. The molecule has 0 bridgehead atoms. The Morgan fingerprint density at radius 1 is 1.25 bits per heavy atom. The van der Waals surface area contributed by atoms with E-state index >= 15 is 0 Å². The molecule has 3 rings (SSSR count). The van der Waals surface area contributed by atoms with Crippen LogP contribution in [0, 0.1) is 5.92 Å². The Balaban J connectivity index is 1.73. The topological polar surface area (TPSA) is 51.0 Å². The first-order valence-electron chi connectivity index (χ1n) is 7.96. The fraction of sp³-hybridized carbons (Fsp3) is 0.250. The van der Waals surface area contributed by atoms with Crippen molar-refractivity contribution in [2.45, 2.75) is 18.9 Å². The van der Waals surface area contributed by atoms with Crippen LogP contribution in [0.2, 0.25) is 0 Å². The largest absolute Gasteiger partial charge is 0.508 e. The van der Waals surface area contributed by atoms with E-state index in [9.17, 15) is 5.11 Å². The fourth-order valence-corrected chi connectivity index (χ4v) is 2.91. The molecule has 2 aromatic rings. The van der Waals surface area contributed by atoms with Crippen molar-refractivity contribution in [1.82, 2.24) is 0 Å². The lowest BCUT2D eigenvalue weighted by molar-refractivity contribution is 0.0339. The zero-order valence-corrected chi connectivity index (χ0v) is 13.7. The van der Waals surface area contributed by atoms with E-state index in [1.165, 1.54) is 5.56 Å². The smallest absolute Gasteiger partial charge is 0.143 e. The van der Waals surface area contributed by atoms with Gasteiger partial charge in [0.05, 0.1) is 24.5 Å². The summed E-state index contributed by atoms with van der Waals surface area (Å²) in [4.78, 5) is 5.69. The third kappa shape index (κ3) is 3.59. The summed E-state index contributed by atoms with van der Waals surface area (Å²) in [5.41, 5.74) is 3.04. The number of rotatable bonds is 6. The van der Waals surface area contributed by atoms with Crippen LogP contribution in [0.5, 0.6) is 5.75 Å². The van der Waals surface area contributed by atoms with E-state index < -0.39 is 0 Å². The third-order valence-corrected chi connectivity index (χ3v) is 4.32. The number of nitrogens with zero attached hydrogens (tertiary/aromatic N) is 1. The minimum absolute atomic E-state index is 0.0239. The second-order valence-corrected chi connectivity index (χ2v) is 5.90. The van der Waals surface area contributed by atoms with Crippen LogP contribution in [0.4, 0.5) is 0 Å². The lowest BCUT2D eigenvalue weighted by Gasteiger charge is -2.23. The van der Waals surface area contributed by atoms with Gasteiger partial charge in [-0.1, -0.05) is 42.1 Å². The summed E-state index contributed by atoms with van der Waals surface area (Å²) in [5.74, 6) is 0.964. The molecule has 0 fully saturated rings. The van der Waals surface area contributed by atoms with Crippen LogP contribution in [0.1, 0.15) is 17.5 Å². The van der Waals surface area contributed by atoms with Gasteiger partial charge in [0.15, 0.2) is 0 Å². The number of oxime groups is 1. The zero-order chi connectivity index (χ0) is 16.9. The second-order valence-electron chi connectivity index (χ2n) is 5.90. The highest BCUT2D eigenvalue weighted by atomic mass is 16.6. The zero-order valence-electron chi connectivity index (χ0n) is 13.7. The summed E-state index contributed by atoms with van der Waals surface area (Å²) < 4.78 is 5.40. The molecule has 0 aliphatic carbocycles. The minimum atomic E-state index is -0.110. The second kappa shape index (κ2) is 7.21. The van der Waals surface area contributed by atoms with Crippen LogP contribution < -0.4 is 0 Å². The van der Waals surface area contributed by atoms with Crippen molar-refractivity contribution in [1.29, 1.82) is 0 Å². The Morgan fingerprint density at radius 3 is 2.62 bits per heavy atom. The van der Waals surface area contributed by atoms with E-state index in [0.717, 1.165) is 17.7 Å². The average Bonchev–Trinajstić information content (AvgIpc) is 3.10. The number of methoxy groups -OCH3 is 1. The fourth-order valence-electron chi connectivity index (χ4n) is 2.91. The summed E-state index contributed by atoms with van der Waals surface area (Å²) in [7, 11) is 1.64. The molecule has 1 N–H and O–H groups in total. The summed E-state index contributed by atoms with van der Waals surface area (Å²) >= 11 is 0. The van der Waals surface area contributed by atoms with Crippen LogP contribution in [-0.2, 0) is 16.0 Å². The van der Waals surface area contributed by atoms with E-state index in [-0.39, 0.29) is 17.8 Å². The van der Waals surface area contributed by atoms with Crippen LogP contribution >= 0.6 is 0 Å². The first-order valence-corrected chi connectivity index (χ1v) is 7.96. The molecule has 0 spiro atoms. The van der Waals surface area contributed by atoms with Gasteiger partial charge in [-0.25, -0.2) is 0 Å². The highest BCUT2D eigenvalue weighted by Gasteiger charge is 2.33. The standard InChI is InChI=1S/C20H21NO3/c1-14(23-2)18(12-15-6-4-3-5-7-15)20-13-19(21-24-20)16-8-10-17(22)11-9-16/h3-11,18,20,22H,1,12-13H2,2H3. The van der Waals surface area contributed by atoms with Crippen molar-refractivity contribution in [2.75, 3.05) is 7.11 Å². The molecule has 0 saturated heterocycles. The van der Waals surface area contributed by atoms with Gasteiger partial charge in [-0.15, -0.1) is 0 Å². The molecule has 0 aromatic heterocycles. The van der Waals surface area contributed by atoms with Crippen molar-refractivity contribution in [3.63, 3.8) is 0 Å². The number of aromatic hydroxyl groups is 1. The predicted octanol–water partition coefficient (Wildman–Crippen LogP) is 3.90. The van der Waals surface area contributed by atoms with Gasteiger partial charge in [0.2, 0.25) is 0 Å². The van der Waals surface area contributed by atoms with Gasteiger partial charge < -0.3 is 14.7 Å². The van der Waals surface area contributed by atoms with Gasteiger partial charge in [-0.3, -0.25) is 0 Å². The van der Waals surface area contributed by atoms with Crippen LogP contribution in [0.3, 0.4) is 0 Å². The molecule has 4 nitrogen and oxygen atoms in total. The molecule has 0 radical (unpaired) electrons. The SMILES string of the molecule is C=C(OC)C(Cc1ccccc1)C1CC(c2ccc(O)cc2)=NO1. The number of phenolic OH excluding ortho intramolecular Hbond substituents is 1.